The van der Waals surface area contributed by atoms with Crippen molar-refractivity contribution in [2.75, 3.05) is 0 Å². The molecule has 9 heteroatoms. The molecule has 0 fully saturated rings. The Kier molecular flexibility index (Phi) is 4.05. The molecule has 0 radical (unpaired) electrons. The maximum Gasteiger partial charge on any atom is 0.282 e. The van der Waals surface area contributed by atoms with Crippen molar-refractivity contribution in [3.05, 3.63) is 53.9 Å². The second kappa shape index (κ2) is 5.62. The Morgan fingerprint density at radius 1 is 1.19 bits per heavy atom. The van der Waals surface area contributed by atoms with Crippen molar-refractivity contribution in [3.63, 3.8) is 0 Å². The summed E-state index contributed by atoms with van der Waals surface area (Å²) in [4.78, 5) is 13.0. The first-order valence-corrected chi connectivity index (χ1v) is 7.18. The van der Waals surface area contributed by atoms with E-state index in [1.807, 2.05) is 10.3 Å². The molecule has 0 unspecified atom stereocenters. The van der Waals surface area contributed by atoms with Gasteiger partial charge in [0, 0.05) is 13.2 Å². The molecule has 2 rings (SSSR count). The van der Waals surface area contributed by atoms with Crippen molar-refractivity contribution in [1.29, 1.82) is 0 Å². The van der Waals surface area contributed by atoms with Crippen LogP contribution in [0.25, 0.3) is 0 Å². The molecule has 0 atom stereocenters. The van der Waals surface area contributed by atoms with Gasteiger partial charge in [0.25, 0.3) is 15.9 Å². The van der Waals surface area contributed by atoms with Gasteiger partial charge in [-0.1, -0.05) is 0 Å². The molecule has 0 saturated carbocycles. The van der Waals surface area contributed by atoms with E-state index in [1.54, 1.807) is 19.3 Å². The normalized spacial score (nSPS) is 11.4. The standard InChI is InChI=1S/C12H11F2N3O3S/c1-17-6-2-3-11(17)12(18)15-16-21(19,20)8-4-5-9(13)10(14)7-8/h2-7,16H,1H3,(H,15,18). The average molecular weight is 315 g/mol. The van der Waals surface area contributed by atoms with Crippen LogP contribution in [0, 0.1) is 11.6 Å². The predicted octanol–water partition coefficient (Wildman–Crippen LogP) is 0.927. The highest BCUT2D eigenvalue weighted by Crippen LogP contribution is 2.13. The van der Waals surface area contributed by atoms with Crippen LogP contribution in [0.3, 0.4) is 0 Å². The lowest BCUT2D eigenvalue weighted by Crippen LogP contribution is -2.42. The number of rotatable bonds is 4. The first kappa shape index (κ1) is 15.1. The van der Waals surface area contributed by atoms with Gasteiger partial charge in [0.15, 0.2) is 11.6 Å². The molecule has 21 heavy (non-hydrogen) atoms. The maximum absolute atomic E-state index is 13.0. The SMILES string of the molecule is Cn1cccc1C(=O)NNS(=O)(=O)c1ccc(F)c(F)c1. The Hall–Kier alpha value is -2.26. The van der Waals surface area contributed by atoms with Gasteiger partial charge in [-0.2, -0.15) is 0 Å². The van der Waals surface area contributed by atoms with Gasteiger partial charge >= 0.3 is 0 Å². The number of aromatic nitrogens is 1. The molecular weight excluding hydrogens is 304 g/mol. The zero-order valence-corrected chi connectivity index (χ0v) is 11.6. The smallest absolute Gasteiger partial charge is 0.282 e. The van der Waals surface area contributed by atoms with E-state index in [0.29, 0.717) is 12.1 Å². The number of amides is 1. The molecule has 2 N–H and O–H groups in total. The van der Waals surface area contributed by atoms with Crippen LogP contribution in [-0.2, 0) is 17.1 Å². The van der Waals surface area contributed by atoms with Crippen molar-refractivity contribution in [2.45, 2.75) is 4.90 Å². The number of halogens is 2. The van der Waals surface area contributed by atoms with E-state index in [9.17, 15) is 22.0 Å². The third-order valence-electron chi connectivity index (χ3n) is 2.68. The van der Waals surface area contributed by atoms with Crippen LogP contribution < -0.4 is 10.3 Å². The van der Waals surface area contributed by atoms with Crippen molar-refractivity contribution in [1.82, 2.24) is 14.8 Å². The molecule has 0 aliphatic heterocycles. The number of carbonyl (C=O) groups excluding carboxylic acids is 1. The summed E-state index contributed by atoms with van der Waals surface area (Å²) in [6.07, 6.45) is 1.61. The Labute approximate surface area is 119 Å². The largest absolute Gasteiger partial charge is 0.347 e. The molecule has 1 amide bonds. The zero-order chi connectivity index (χ0) is 15.6. The van der Waals surface area contributed by atoms with E-state index in [2.05, 4.69) is 0 Å². The Morgan fingerprint density at radius 2 is 1.90 bits per heavy atom. The summed E-state index contributed by atoms with van der Waals surface area (Å²) < 4.78 is 50.9. The van der Waals surface area contributed by atoms with Crippen molar-refractivity contribution in [3.8, 4) is 0 Å². The summed E-state index contributed by atoms with van der Waals surface area (Å²) >= 11 is 0. The summed E-state index contributed by atoms with van der Waals surface area (Å²) in [6.45, 7) is 0. The minimum atomic E-state index is -4.20. The van der Waals surface area contributed by atoms with Gasteiger partial charge in [0.05, 0.1) is 4.90 Å². The van der Waals surface area contributed by atoms with Crippen LogP contribution in [0.4, 0.5) is 8.78 Å². The number of hydrazine groups is 1. The van der Waals surface area contributed by atoms with Crippen LogP contribution in [0.2, 0.25) is 0 Å². The van der Waals surface area contributed by atoms with Gasteiger partial charge in [-0.25, -0.2) is 17.2 Å². The number of hydrogen-bond donors (Lipinski definition) is 2. The van der Waals surface area contributed by atoms with Gasteiger partial charge in [-0.15, -0.1) is 4.83 Å². The van der Waals surface area contributed by atoms with E-state index in [1.165, 1.54) is 10.6 Å². The van der Waals surface area contributed by atoms with Crippen molar-refractivity contribution in [2.24, 2.45) is 7.05 Å². The molecule has 1 aromatic heterocycles. The number of nitrogens with zero attached hydrogens (tertiary/aromatic N) is 1. The molecule has 0 aliphatic carbocycles. The first-order valence-electron chi connectivity index (χ1n) is 5.70. The highest BCUT2D eigenvalue weighted by atomic mass is 32.2. The van der Waals surface area contributed by atoms with Gasteiger partial charge < -0.3 is 4.57 Å². The number of carbonyl (C=O) groups is 1. The molecule has 6 nitrogen and oxygen atoms in total. The molecule has 0 aliphatic rings. The molecule has 0 spiro atoms. The molecule has 0 saturated heterocycles. The zero-order valence-electron chi connectivity index (χ0n) is 10.8. The number of hydrogen-bond acceptors (Lipinski definition) is 3. The van der Waals surface area contributed by atoms with Gasteiger partial charge in [-0.3, -0.25) is 10.2 Å². The fraction of sp³-hybridized carbons (Fsp3) is 0.0833. The lowest BCUT2D eigenvalue weighted by atomic mass is 10.3. The van der Waals surface area contributed by atoms with E-state index in [-0.39, 0.29) is 5.69 Å². The second-order valence-corrected chi connectivity index (χ2v) is 5.82. The Balaban J connectivity index is 2.13. The van der Waals surface area contributed by atoms with Crippen LogP contribution in [0.15, 0.2) is 41.4 Å². The third-order valence-corrected chi connectivity index (χ3v) is 3.92. The summed E-state index contributed by atoms with van der Waals surface area (Å²) in [6, 6.07) is 5.19. The fourth-order valence-corrected chi connectivity index (χ4v) is 2.43. The van der Waals surface area contributed by atoms with Crippen LogP contribution >= 0.6 is 0 Å². The van der Waals surface area contributed by atoms with E-state index >= 15 is 0 Å². The number of sulfonamides is 1. The van der Waals surface area contributed by atoms with Gasteiger partial charge in [0.2, 0.25) is 0 Å². The summed E-state index contributed by atoms with van der Waals surface area (Å²) in [5.41, 5.74) is 2.21. The fourth-order valence-electron chi connectivity index (χ4n) is 1.58. The van der Waals surface area contributed by atoms with E-state index in [0.717, 1.165) is 6.07 Å². The number of benzene rings is 1. The Bertz CT molecular complexity index is 787. The van der Waals surface area contributed by atoms with E-state index in [4.69, 9.17) is 0 Å². The lowest BCUT2D eigenvalue weighted by molar-refractivity contribution is 0.0937. The van der Waals surface area contributed by atoms with Crippen molar-refractivity contribution >= 4 is 15.9 Å². The van der Waals surface area contributed by atoms with Crippen LogP contribution in [0.5, 0.6) is 0 Å². The predicted molar refractivity (Wildman–Crippen MR) is 69.6 cm³/mol. The molecule has 112 valence electrons. The van der Waals surface area contributed by atoms with Crippen LogP contribution in [0.1, 0.15) is 10.5 Å². The Morgan fingerprint density at radius 3 is 2.48 bits per heavy atom. The highest BCUT2D eigenvalue weighted by molar-refractivity contribution is 7.89. The van der Waals surface area contributed by atoms with Crippen LogP contribution in [-0.4, -0.2) is 18.9 Å². The minimum Gasteiger partial charge on any atom is -0.347 e. The molecular formula is C12H11F2N3O3S. The second-order valence-electron chi connectivity index (χ2n) is 4.14. The summed E-state index contributed by atoms with van der Waals surface area (Å²) in [5.74, 6) is -3.15. The molecule has 1 heterocycles. The maximum atomic E-state index is 13.0. The third kappa shape index (κ3) is 3.26. The first-order chi connectivity index (χ1) is 9.81. The number of aryl methyl sites for hydroxylation is 1. The minimum absolute atomic E-state index is 0.225. The lowest BCUT2D eigenvalue weighted by Gasteiger charge is -2.09. The van der Waals surface area contributed by atoms with Gasteiger partial charge in [-0.05, 0) is 30.3 Å². The monoisotopic (exact) mass is 315 g/mol. The van der Waals surface area contributed by atoms with Gasteiger partial charge in [0.1, 0.15) is 5.69 Å². The topological polar surface area (TPSA) is 80.2 Å². The summed E-state index contributed by atoms with van der Waals surface area (Å²) in [7, 11) is -2.59. The number of nitrogens with one attached hydrogen (secondary N) is 2. The summed E-state index contributed by atoms with van der Waals surface area (Å²) in [5, 5.41) is 0. The average Bonchev–Trinajstić information content (AvgIpc) is 2.85. The molecule has 2 aromatic rings. The molecule has 0 bridgehead atoms. The van der Waals surface area contributed by atoms with Crippen molar-refractivity contribution < 1.29 is 22.0 Å². The quantitative estimate of drug-likeness (QED) is 0.824. The highest BCUT2D eigenvalue weighted by Gasteiger charge is 2.18. The molecule has 1 aromatic carbocycles. The van der Waals surface area contributed by atoms with E-state index < -0.39 is 32.5 Å².